The van der Waals surface area contributed by atoms with Gasteiger partial charge in [-0.2, -0.15) is 0 Å². The Kier molecular flexibility index (Phi) is 4.55. The van der Waals surface area contributed by atoms with Crippen molar-refractivity contribution in [3.05, 3.63) is 35.9 Å². The lowest BCUT2D eigenvalue weighted by atomic mass is 9.91. The normalized spacial score (nSPS) is 21.3. The minimum atomic E-state index is -0.719. The predicted octanol–water partition coefficient (Wildman–Crippen LogP) is 1.06. The molecule has 1 saturated carbocycles. The van der Waals surface area contributed by atoms with E-state index in [0.717, 1.165) is 24.8 Å². The summed E-state index contributed by atoms with van der Waals surface area (Å²) in [6, 6.07) is 9.39. The monoisotopic (exact) mass is 330 g/mol. The maximum Gasteiger partial charge on any atom is 0.307 e. The molecule has 0 bridgehead atoms. The van der Waals surface area contributed by atoms with Crippen LogP contribution in [0.3, 0.4) is 0 Å². The van der Waals surface area contributed by atoms with Crippen molar-refractivity contribution in [1.82, 2.24) is 10.2 Å². The van der Waals surface area contributed by atoms with Crippen molar-refractivity contribution in [2.75, 3.05) is 19.6 Å². The quantitative estimate of drug-likeness (QED) is 0.845. The number of rotatable bonds is 5. The van der Waals surface area contributed by atoms with Crippen molar-refractivity contribution in [1.29, 1.82) is 0 Å². The van der Waals surface area contributed by atoms with Crippen molar-refractivity contribution in [2.45, 2.75) is 25.7 Å². The van der Waals surface area contributed by atoms with Gasteiger partial charge in [0.1, 0.15) is 0 Å². The SMILES string of the molecule is O=C(Cc1ccccc1)NCC(=O)N1CCC2(CC1)CC2C(=O)O. The van der Waals surface area contributed by atoms with Gasteiger partial charge in [0.05, 0.1) is 18.9 Å². The van der Waals surface area contributed by atoms with Crippen LogP contribution in [0.4, 0.5) is 0 Å². The van der Waals surface area contributed by atoms with Gasteiger partial charge in [-0.25, -0.2) is 0 Å². The third kappa shape index (κ3) is 3.58. The van der Waals surface area contributed by atoms with E-state index in [1.54, 1.807) is 4.90 Å². The molecule has 1 unspecified atom stereocenters. The van der Waals surface area contributed by atoms with Crippen molar-refractivity contribution < 1.29 is 19.5 Å². The van der Waals surface area contributed by atoms with E-state index in [9.17, 15) is 14.4 Å². The molecule has 1 aliphatic heterocycles. The van der Waals surface area contributed by atoms with Crippen LogP contribution < -0.4 is 5.32 Å². The van der Waals surface area contributed by atoms with Gasteiger partial charge in [-0.05, 0) is 30.2 Å². The first-order chi connectivity index (χ1) is 11.5. The van der Waals surface area contributed by atoms with E-state index in [1.165, 1.54) is 0 Å². The zero-order chi connectivity index (χ0) is 17.2. The van der Waals surface area contributed by atoms with Gasteiger partial charge in [-0.15, -0.1) is 0 Å². The smallest absolute Gasteiger partial charge is 0.307 e. The highest BCUT2D eigenvalue weighted by atomic mass is 16.4. The molecule has 2 amide bonds. The Balaban J connectivity index is 1.40. The number of aliphatic carboxylic acids is 1. The Hall–Kier alpha value is -2.37. The van der Waals surface area contributed by atoms with Crippen LogP contribution in [0.25, 0.3) is 0 Å². The second kappa shape index (κ2) is 6.63. The first-order valence-electron chi connectivity index (χ1n) is 8.31. The van der Waals surface area contributed by atoms with E-state index in [-0.39, 0.29) is 36.1 Å². The number of carbonyl (C=O) groups excluding carboxylic acids is 2. The highest BCUT2D eigenvalue weighted by molar-refractivity contribution is 5.85. The average molecular weight is 330 g/mol. The minimum Gasteiger partial charge on any atom is -0.481 e. The summed E-state index contributed by atoms with van der Waals surface area (Å²) >= 11 is 0. The number of amides is 2. The van der Waals surface area contributed by atoms with Crippen LogP contribution in [0.1, 0.15) is 24.8 Å². The fourth-order valence-corrected chi connectivity index (χ4v) is 3.58. The summed E-state index contributed by atoms with van der Waals surface area (Å²) in [5.74, 6) is -1.22. The van der Waals surface area contributed by atoms with Crippen molar-refractivity contribution in [3.63, 3.8) is 0 Å². The summed E-state index contributed by atoms with van der Waals surface area (Å²) < 4.78 is 0. The van der Waals surface area contributed by atoms with Crippen molar-refractivity contribution in [2.24, 2.45) is 11.3 Å². The molecule has 1 atom stereocenters. The second-order valence-corrected chi connectivity index (χ2v) is 6.78. The third-order valence-electron chi connectivity index (χ3n) is 5.24. The molecule has 24 heavy (non-hydrogen) atoms. The molecule has 1 heterocycles. The lowest BCUT2D eigenvalue weighted by Gasteiger charge is -2.32. The molecule has 6 nitrogen and oxygen atoms in total. The van der Waals surface area contributed by atoms with E-state index >= 15 is 0 Å². The molecule has 0 aromatic heterocycles. The highest BCUT2D eigenvalue weighted by Gasteiger charge is 2.59. The molecule has 6 heteroatoms. The number of likely N-dealkylation sites (tertiary alicyclic amines) is 1. The fraction of sp³-hybridized carbons (Fsp3) is 0.500. The Morgan fingerprint density at radius 3 is 2.42 bits per heavy atom. The zero-order valence-electron chi connectivity index (χ0n) is 13.5. The topological polar surface area (TPSA) is 86.7 Å². The molecule has 128 valence electrons. The molecular formula is C18H22N2O4. The van der Waals surface area contributed by atoms with Gasteiger partial charge in [0.2, 0.25) is 11.8 Å². The summed E-state index contributed by atoms with van der Waals surface area (Å²) in [6.07, 6.45) is 2.48. The van der Waals surface area contributed by atoms with Crippen LogP contribution in [-0.4, -0.2) is 47.4 Å². The summed E-state index contributed by atoms with van der Waals surface area (Å²) in [5.41, 5.74) is 0.829. The predicted molar refractivity (Wildman–Crippen MR) is 87.1 cm³/mol. The summed E-state index contributed by atoms with van der Waals surface area (Å²) in [4.78, 5) is 36.9. The molecule has 1 aromatic rings. The fourth-order valence-electron chi connectivity index (χ4n) is 3.58. The van der Waals surface area contributed by atoms with E-state index < -0.39 is 5.97 Å². The van der Waals surface area contributed by atoms with Gasteiger partial charge in [-0.1, -0.05) is 30.3 Å². The molecule has 2 fully saturated rings. The Morgan fingerprint density at radius 1 is 1.17 bits per heavy atom. The number of carbonyl (C=O) groups is 3. The lowest BCUT2D eigenvalue weighted by Crippen LogP contribution is -2.45. The molecule has 1 spiro atoms. The van der Waals surface area contributed by atoms with Gasteiger partial charge in [0.15, 0.2) is 0 Å². The molecule has 0 radical (unpaired) electrons. The summed E-state index contributed by atoms with van der Waals surface area (Å²) in [6.45, 7) is 1.16. The van der Waals surface area contributed by atoms with Crippen molar-refractivity contribution in [3.8, 4) is 0 Å². The van der Waals surface area contributed by atoms with Gasteiger partial charge in [0.25, 0.3) is 0 Å². The second-order valence-electron chi connectivity index (χ2n) is 6.78. The number of benzene rings is 1. The maximum absolute atomic E-state index is 12.2. The molecule has 2 aliphatic rings. The first kappa shape index (κ1) is 16.5. The number of carboxylic acids is 1. The maximum atomic E-state index is 12.2. The van der Waals surface area contributed by atoms with Crippen LogP contribution in [-0.2, 0) is 20.8 Å². The van der Waals surface area contributed by atoms with Gasteiger partial charge in [-0.3, -0.25) is 14.4 Å². The van der Waals surface area contributed by atoms with Gasteiger partial charge in [0, 0.05) is 13.1 Å². The number of piperidine rings is 1. The Bertz CT molecular complexity index is 636. The largest absolute Gasteiger partial charge is 0.481 e. The van der Waals surface area contributed by atoms with Crippen LogP contribution in [0, 0.1) is 11.3 Å². The van der Waals surface area contributed by atoms with E-state index in [1.807, 2.05) is 30.3 Å². The minimum absolute atomic E-state index is 0.00102. The van der Waals surface area contributed by atoms with Gasteiger partial charge >= 0.3 is 5.97 Å². The zero-order valence-corrected chi connectivity index (χ0v) is 13.5. The van der Waals surface area contributed by atoms with Crippen LogP contribution in [0.15, 0.2) is 30.3 Å². The van der Waals surface area contributed by atoms with E-state index in [4.69, 9.17) is 5.11 Å². The number of nitrogens with one attached hydrogen (secondary N) is 1. The molecule has 2 N–H and O–H groups in total. The van der Waals surface area contributed by atoms with E-state index in [2.05, 4.69) is 5.32 Å². The summed E-state index contributed by atoms with van der Waals surface area (Å²) in [7, 11) is 0. The lowest BCUT2D eigenvalue weighted by molar-refractivity contribution is -0.140. The number of hydrogen-bond acceptors (Lipinski definition) is 3. The van der Waals surface area contributed by atoms with Gasteiger partial charge < -0.3 is 15.3 Å². The molecule has 1 saturated heterocycles. The molecule has 1 aliphatic carbocycles. The Labute approximate surface area is 140 Å². The average Bonchev–Trinajstić information content (AvgIpc) is 3.28. The van der Waals surface area contributed by atoms with Crippen molar-refractivity contribution >= 4 is 17.8 Å². The molecule has 1 aromatic carbocycles. The van der Waals surface area contributed by atoms with Crippen LogP contribution in [0.5, 0.6) is 0 Å². The number of hydrogen-bond donors (Lipinski definition) is 2. The number of nitrogens with zero attached hydrogens (tertiary/aromatic N) is 1. The molecule has 3 rings (SSSR count). The first-order valence-corrected chi connectivity index (χ1v) is 8.31. The van der Waals surface area contributed by atoms with Crippen LogP contribution >= 0.6 is 0 Å². The highest BCUT2D eigenvalue weighted by Crippen LogP contribution is 2.59. The van der Waals surface area contributed by atoms with Crippen LogP contribution in [0.2, 0.25) is 0 Å². The standard InChI is InChI=1S/C18H22N2O4/c21-15(10-13-4-2-1-3-5-13)19-12-16(22)20-8-6-18(7-9-20)11-14(18)17(23)24/h1-5,14H,6-12H2,(H,19,21)(H,23,24). The molecular weight excluding hydrogens is 308 g/mol. The number of carboxylic acid groups (broad SMARTS) is 1. The third-order valence-corrected chi connectivity index (χ3v) is 5.24. The van der Waals surface area contributed by atoms with E-state index in [0.29, 0.717) is 13.1 Å². The summed E-state index contributed by atoms with van der Waals surface area (Å²) in [5, 5.41) is 11.8. The Morgan fingerprint density at radius 2 is 1.83 bits per heavy atom.